The van der Waals surface area contributed by atoms with Gasteiger partial charge in [0, 0.05) is 12.1 Å². The molecule has 0 saturated carbocycles. The van der Waals surface area contributed by atoms with E-state index in [0.717, 1.165) is 50.0 Å². The van der Waals surface area contributed by atoms with Crippen molar-refractivity contribution < 1.29 is 4.79 Å². The SMILES string of the molecule is CCC(CCNC(=O)c1cccc2c1C=CCC2)CCN(C)CC. The van der Waals surface area contributed by atoms with Crippen molar-refractivity contribution in [3.05, 3.63) is 41.0 Å². The van der Waals surface area contributed by atoms with Gasteiger partial charge in [-0.05, 0) is 68.9 Å². The Bertz CT molecular complexity index is 565. The van der Waals surface area contributed by atoms with Crippen LogP contribution in [0.15, 0.2) is 24.3 Å². The third-order valence-electron chi connectivity index (χ3n) is 5.18. The van der Waals surface area contributed by atoms with Crippen LogP contribution in [0.25, 0.3) is 6.08 Å². The number of carbonyl (C=O) groups excluding carboxylic acids is 1. The highest BCUT2D eigenvalue weighted by Crippen LogP contribution is 2.23. The zero-order chi connectivity index (χ0) is 17.4. The van der Waals surface area contributed by atoms with Gasteiger partial charge in [0.1, 0.15) is 0 Å². The van der Waals surface area contributed by atoms with Gasteiger partial charge in [-0.25, -0.2) is 0 Å². The molecule has 1 amide bonds. The lowest BCUT2D eigenvalue weighted by atomic mass is 9.93. The highest BCUT2D eigenvalue weighted by Gasteiger charge is 2.15. The fourth-order valence-corrected chi connectivity index (χ4v) is 3.26. The van der Waals surface area contributed by atoms with Gasteiger partial charge in [0.05, 0.1) is 0 Å². The number of benzene rings is 1. The summed E-state index contributed by atoms with van der Waals surface area (Å²) in [5.74, 6) is 0.753. The molecule has 1 aromatic carbocycles. The van der Waals surface area contributed by atoms with Crippen molar-refractivity contribution in [3.63, 3.8) is 0 Å². The lowest BCUT2D eigenvalue weighted by Gasteiger charge is -2.20. The lowest BCUT2D eigenvalue weighted by molar-refractivity contribution is 0.0950. The molecule has 3 nitrogen and oxygen atoms in total. The first-order chi connectivity index (χ1) is 11.7. The Kier molecular flexibility index (Phi) is 7.51. The minimum absolute atomic E-state index is 0.0685. The summed E-state index contributed by atoms with van der Waals surface area (Å²) in [7, 11) is 2.17. The van der Waals surface area contributed by atoms with Crippen LogP contribution < -0.4 is 5.32 Å². The van der Waals surface area contributed by atoms with E-state index >= 15 is 0 Å². The number of nitrogens with one attached hydrogen (secondary N) is 1. The minimum Gasteiger partial charge on any atom is -0.352 e. The van der Waals surface area contributed by atoms with E-state index in [-0.39, 0.29) is 5.91 Å². The van der Waals surface area contributed by atoms with E-state index in [2.05, 4.69) is 49.3 Å². The third kappa shape index (κ3) is 5.20. The van der Waals surface area contributed by atoms with Crippen LogP contribution in [0.2, 0.25) is 0 Å². The number of allylic oxidation sites excluding steroid dienone is 1. The minimum atomic E-state index is 0.0685. The van der Waals surface area contributed by atoms with Crippen molar-refractivity contribution in [2.24, 2.45) is 5.92 Å². The van der Waals surface area contributed by atoms with Gasteiger partial charge in [0.25, 0.3) is 5.91 Å². The fourth-order valence-electron chi connectivity index (χ4n) is 3.26. The molecule has 3 heteroatoms. The lowest BCUT2D eigenvalue weighted by Crippen LogP contribution is -2.28. The molecule has 1 aliphatic rings. The Balaban J connectivity index is 1.84. The van der Waals surface area contributed by atoms with Crippen molar-refractivity contribution >= 4 is 12.0 Å². The maximum Gasteiger partial charge on any atom is 0.251 e. The van der Waals surface area contributed by atoms with Crippen molar-refractivity contribution in [2.45, 2.75) is 46.0 Å². The summed E-state index contributed by atoms with van der Waals surface area (Å²) >= 11 is 0. The van der Waals surface area contributed by atoms with E-state index in [0.29, 0.717) is 5.92 Å². The quantitative estimate of drug-likeness (QED) is 0.739. The van der Waals surface area contributed by atoms with Gasteiger partial charge in [-0.15, -0.1) is 0 Å². The average molecular weight is 329 g/mol. The summed E-state index contributed by atoms with van der Waals surface area (Å²) in [5.41, 5.74) is 3.22. The Hall–Kier alpha value is -1.61. The molecule has 0 heterocycles. The molecule has 24 heavy (non-hydrogen) atoms. The van der Waals surface area contributed by atoms with E-state index in [1.807, 2.05) is 12.1 Å². The van der Waals surface area contributed by atoms with Crippen LogP contribution in [0, 0.1) is 5.92 Å². The number of hydrogen-bond acceptors (Lipinski definition) is 2. The summed E-state index contributed by atoms with van der Waals surface area (Å²) < 4.78 is 0. The van der Waals surface area contributed by atoms with Crippen LogP contribution in [0.5, 0.6) is 0 Å². The molecular weight excluding hydrogens is 296 g/mol. The summed E-state index contributed by atoms with van der Waals surface area (Å²) in [6.45, 7) is 7.44. The number of carbonyl (C=O) groups is 1. The van der Waals surface area contributed by atoms with Gasteiger partial charge in [0.15, 0.2) is 0 Å². The van der Waals surface area contributed by atoms with E-state index in [4.69, 9.17) is 0 Å². The Morgan fingerprint density at radius 2 is 2.12 bits per heavy atom. The maximum atomic E-state index is 12.5. The van der Waals surface area contributed by atoms with Crippen LogP contribution in [0.3, 0.4) is 0 Å². The van der Waals surface area contributed by atoms with E-state index in [1.54, 1.807) is 0 Å². The van der Waals surface area contributed by atoms with Crippen LogP contribution in [-0.4, -0.2) is 37.5 Å². The van der Waals surface area contributed by atoms with Crippen molar-refractivity contribution in [3.8, 4) is 0 Å². The van der Waals surface area contributed by atoms with E-state index < -0.39 is 0 Å². The summed E-state index contributed by atoms with van der Waals surface area (Å²) in [5, 5.41) is 3.13. The van der Waals surface area contributed by atoms with Gasteiger partial charge in [-0.1, -0.05) is 44.6 Å². The predicted octanol–water partition coefficient (Wildman–Crippen LogP) is 4.13. The summed E-state index contributed by atoms with van der Waals surface area (Å²) in [4.78, 5) is 14.9. The van der Waals surface area contributed by atoms with Gasteiger partial charge in [-0.3, -0.25) is 4.79 Å². The fraction of sp³-hybridized carbons (Fsp3) is 0.571. The topological polar surface area (TPSA) is 32.3 Å². The molecule has 0 bridgehead atoms. The van der Waals surface area contributed by atoms with Gasteiger partial charge < -0.3 is 10.2 Å². The second-order valence-electron chi connectivity index (χ2n) is 6.82. The predicted molar refractivity (Wildman–Crippen MR) is 102 cm³/mol. The maximum absolute atomic E-state index is 12.5. The molecular formula is C21H32N2O. The first-order valence-electron chi connectivity index (χ1n) is 9.40. The second-order valence-corrected chi connectivity index (χ2v) is 6.82. The first kappa shape index (κ1) is 18.7. The standard InChI is InChI=1S/C21H32N2O/c1-4-17(14-16-23(3)5-2)13-15-22-21(24)20-12-8-10-18-9-6-7-11-19(18)20/h7-8,10-12,17H,4-6,9,13-16H2,1-3H3,(H,22,24). The number of nitrogens with zero attached hydrogens (tertiary/aromatic N) is 1. The van der Waals surface area contributed by atoms with Crippen molar-refractivity contribution in [1.29, 1.82) is 0 Å². The number of amides is 1. The van der Waals surface area contributed by atoms with Crippen LogP contribution in [0.4, 0.5) is 0 Å². The molecule has 0 saturated heterocycles. The van der Waals surface area contributed by atoms with E-state index in [1.165, 1.54) is 18.4 Å². The van der Waals surface area contributed by atoms with E-state index in [9.17, 15) is 4.79 Å². The Labute approximate surface area is 147 Å². The normalized spacial score (nSPS) is 14.5. The molecule has 1 aromatic rings. The zero-order valence-corrected chi connectivity index (χ0v) is 15.5. The highest BCUT2D eigenvalue weighted by atomic mass is 16.1. The summed E-state index contributed by atoms with van der Waals surface area (Å²) in [6, 6.07) is 6.08. The molecule has 132 valence electrons. The molecule has 1 atom stereocenters. The number of fused-ring (bicyclic) bond motifs is 1. The second kappa shape index (κ2) is 9.63. The molecule has 1 aliphatic carbocycles. The number of aryl methyl sites for hydroxylation is 1. The smallest absolute Gasteiger partial charge is 0.251 e. The molecule has 0 radical (unpaired) electrons. The Morgan fingerprint density at radius 1 is 1.29 bits per heavy atom. The van der Waals surface area contributed by atoms with Crippen LogP contribution in [-0.2, 0) is 6.42 Å². The van der Waals surface area contributed by atoms with Gasteiger partial charge in [-0.2, -0.15) is 0 Å². The number of hydrogen-bond donors (Lipinski definition) is 1. The molecule has 0 aromatic heterocycles. The molecule has 2 rings (SSSR count). The van der Waals surface area contributed by atoms with Crippen LogP contribution >= 0.6 is 0 Å². The molecule has 1 N–H and O–H groups in total. The highest BCUT2D eigenvalue weighted by molar-refractivity contribution is 5.98. The van der Waals surface area contributed by atoms with Crippen LogP contribution in [0.1, 0.15) is 61.0 Å². The third-order valence-corrected chi connectivity index (χ3v) is 5.18. The average Bonchev–Trinajstić information content (AvgIpc) is 2.63. The molecule has 1 unspecified atom stereocenters. The molecule has 0 aliphatic heterocycles. The largest absolute Gasteiger partial charge is 0.352 e. The first-order valence-corrected chi connectivity index (χ1v) is 9.40. The monoisotopic (exact) mass is 328 g/mol. The molecule has 0 fully saturated rings. The number of rotatable bonds is 9. The summed E-state index contributed by atoms with van der Waals surface area (Å²) in [6.07, 6.45) is 9.82. The van der Waals surface area contributed by atoms with Gasteiger partial charge >= 0.3 is 0 Å². The Morgan fingerprint density at radius 3 is 2.88 bits per heavy atom. The van der Waals surface area contributed by atoms with Crippen molar-refractivity contribution in [2.75, 3.05) is 26.7 Å². The van der Waals surface area contributed by atoms with Gasteiger partial charge in [0.2, 0.25) is 0 Å². The zero-order valence-electron chi connectivity index (χ0n) is 15.5. The molecule has 0 spiro atoms. The van der Waals surface area contributed by atoms with Crippen molar-refractivity contribution in [1.82, 2.24) is 10.2 Å².